The summed E-state index contributed by atoms with van der Waals surface area (Å²) in [6.07, 6.45) is 0. The van der Waals surface area contributed by atoms with Crippen molar-refractivity contribution in [2.75, 3.05) is 13.9 Å². The van der Waals surface area contributed by atoms with Crippen LogP contribution in [0.4, 0.5) is 0 Å². The average Bonchev–Trinajstić information content (AvgIpc) is 2.98. The van der Waals surface area contributed by atoms with Crippen LogP contribution in [0.5, 0.6) is 5.75 Å². The van der Waals surface area contributed by atoms with Gasteiger partial charge in [0.25, 0.3) is 0 Å². The Kier molecular flexibility index (Phi) is 6.30. The molecule has 2 nitrogen and oxygen atoms in total. The molecule has 0 bridgehead atoms. The standard InChI is InChI=1S/C18H16O2S.Li.H/c1-19-13-20-17-16(14-8-4-2-5-9-14)12-21-18(17)15-10-6-3-7-11-15;;/h2-12H,13H2,1H3;;/q;+1;-1. The van der Waals surface area contributed by atoms with E-state index in [1.807, 2.05) is 36.4 Å². The normalized spacial score (nSPS) is 10.0. The molecule has 0 amide bonds. The molecule has 0 fully saturated rings. The molecule has 22 heavy (non-hydrogen) atoms. The molecule has 3 rings (SSSR count). The minimum Gasteiger partial charge on any atom is -1.00 e. The molecule has 0 N–H and O–H groups in total. The maximum absolute atomic E-state index is 5.85. The quantitative estimate of drug-likeness (QED) is 0.531. The van der Waals surface area contributed by atoms with E-state index in [2.05, 4.69) is 29.6 Å². The van der Waals surface area contributed by atoms with Gasteiger partial charge in [0, 0.05) is 18.1 Å². The van der Waals surface area contributed by atoms with Crippen LogP contribution < -0.4 is 23.6 Å². The molecule has 0 aliphatic rings. The molecule has 0 radical (unpaired) electrons. The van der Waals surface area contributed by atoms with E-state index in [1.165, 1.54) is 0 Å². The smallest absolute Gasteiger partial charge is 1.00 e. The minimum atomic E-state index is 0. The summed E-state index contributed by atoms with van der Waals surface area (Å²) in [5.41, 5.74) is 3.43. The maximum atomic E-state index is 5.85. The summed E-state index contributed by atoms with van der Waals surface area (Å²) in [6.45, 7) is 0.246. The van der Waals surface area contributed by atoms with E-state index >= 15 is 0 Å². The molecule has 0 unspecified atom stereocenters. The Labute approximate surface area is 148 Å². The maximum Gasteiger partial charge on any atom is 1.00 e. The third-order valence-electron chi connectivity index (χ3n) is 3.19. The molecule has 1 aromatic heterocycles. The van der Waals surface area contributed by atoms with Crippen molar-refractivity contribution in [1.82, 2.24) is 0 Å². The first kappa shape index (κ1) is 16.9. The molecule has 4 heteroatoms. The van der Waals surface area contributed by atoms with E-state index in [0.717, 1.165) is 27.3 Å². The van der Waals surface area contributed by atoms with Crippen molar-refractivity contribution >= 4 is 11.3 Å². The molecule has 3 aromatic rings. The molecule has 0 saturated carbocycles. The Morgan fingerprint density at radius 3 is 2.09 bits per heavy atom. The van der Waals surface area contributed by atoms with Crippen LogP contribution in [0.2, 0.25) is 0 Å². The molecule has 0 spiro atoms. The summed E-state index contributed by atoms with van der Waals surface area (Å²) < 4.78 is 10.9. The molecule has 1 heterocycles. The molecular formula is C18H17LiO2S. The van der Waals surface area contributed by atoms with Gasteiger partial charge in [-0.15, -0.1) is 11.3 Å². The Hall–Kier alpha value is -1.50. The molecule has 108 valence electrons. The van der Waals surface area contributed by atoms with Gasteiger partial charge in [0.2, 0.25) is 0 Å². The van der Waals surface area contributed by atoms with Crippen molar-refractivity contribution in [3.63, 3.8) is 0 Å². The Bertz CT molecular complexity index is 645. The predicted molar refractivity (Wildman–Crippen MR) is 88.8 cm³/mol. The number of rotatable bonds is 5. The average molecular weight is 304 g/mol. The fourth-order valence-corrected chi connectivity index (χ4v) is 3.24. The van der Waals surface area contributed by atoms with Crippen molar-refractivity contribution in [2.24, 2.45) is 0 Å². The Morgan fingerprint density at radius 2 is 1.50 bits per heavy atom. The summed E-state index contributed by atoms with van der Waals surface area (Å²) in [5.74, 6) is 0.888. The van der Waals surface area contributed by atoms with Crippen LogP contribution in [0.3, 0.4) is 0 Å². The van der Waals surface area contributed by atoms with Crippen LogP contribution in [0.1, 0.15) is 1.43 Å². The van der Waals surface area contributed by atoms with Crippen LogP contribution in [0.25, 0.3) is 21.6 Å². The summed E-state index contributed by atoms with van der Waals surface area (Å²) in [5, 5.41) is 2.14. The molecule has 0 atom stereocenters. The van der Waals surface area contributed by atoms with Crippen molar-refractivity contribution < 1.29 is 29.8 Å². The van der Waals surface area contributed by atoms with Crippen molar-refractivity contribution in [2.45, 2.75) is 0 Å². The largest absolute Gasteiger partial charge is 1.00 e. The van der Waals surface area contributed by atoms with Gasteiger partial charge >= 0.3 is 18.9 Å². The van der Waals surface area contributed by atoms with E-state index in [9.17, 15) is 0 Å². The summed E-state index contributed by atoms with van der Waals surface area (Å²) in [6, 6.07) is 20.6. The number of thiophene rings is 1. The monoisotopic (exact) mass is 304 g/mol. The van der Waals surface area contributed by atoms with Crippen LogP contribution in [-0.4, -0.2) is 13.9 Å². The number of benzene rings is 2. The first-order valence-corrected chi connectivity index (χ1v) is 7.62. The zero-order valence-electron chi connectivity index (χ0n) is 13.8. The van der Waals surface area contributed by atoms with E-state index in [0.29, 0.717) is 0 Å². The van der Waals surface area contributed by atoms with Gasteiger partial charge in [-0.05, 0) is 11.1 Å². The van der Waals surface area contributed by atoms with E-state index in [4.69, 9.17) is 9.47 Å². The summed E-state index contributed by atoms with van der Waals surface area (Å²) >= 11 is 1.69. The van der Waals surface area contributed by atoms with Gasteiger partial charge in [-0.1, -0.05) is 60.7 Å². The second-order valence-electron chi connectivity index (χ2n) is 4.59. The van der Waals surface area contributed by atoms with Gasteiger partial charge in [-0.3, -0.25) is 0 Å². The van der Waals surface area contributed by atoms with Crippen LogP contribution in [0.15, 0.2) is 66.0 Å². The summed E-state index contributed by atoms with van der Waals surface area (Å²) in [4.78, 5) is 1.13. The van der Waals surface area contributed by atoms with Crippen molar-refractivity contribution in [1.29, 1.82) is 0 Å². The second kappa shape index (κ2) is 8.21. The topological polar surface area (TPSA) is 18.5 Å². The summed E-state index contributed by atoms with van der Waals surface area (Å²) in [7, 11) is 1.64. The first-order valence-electron chi connectivity index (χ1n) is 6.74. The van der Waals surface area contributed by atoms with Crippen LogP contribution >= 0.6 is 11.3 Å². The van der Waals surface area contributed by atoms with Gasteiger partial charge in [-0.25, -0.2) is 0 Å². The van der Waals surface area contributed by atoms with E-state index in [-0.39, 0.29) is 27.1 Å². The Morgan fingerprint density at radius 1 is 0.909 bits per heavy atom. The second-order valence-corrected chi connectivity index (χ2v) is 5.47. The van der Waals surface area contributed by atoms with Crippen molar-refractivity contribution in [3.05, 3.63) is 66.0 Å². The molecule has 2 aromatic carbocycles. The number of methoxy groups -OCH3 is 1. The predicted octanol–water partition coefficient (Wildman–Crippen LogP) is 2.18. The number of hydrogen-bond donors (Lipinski definition) is 0. The van der Waals surface area contributed by atoms with Gasteiger partial charge in [0.1, 0.15) is 5.75 Å². The SMILES string of the molecule is COCOc1c(-c2ccccc2)csc1-c1ccccc1.[H-].[Li+]. The van der Waals surface area contributed by atoms with Crippen LogP contribution in [0, 0.1) is 0 Å². The van der Waals surface area contributed by atoms with Gasteiger partial charge < -0.3 is 10.9 Å². The van der Waals surface area contributed by atoms with Crippen molar-refractivity contribution in [3.8, 4) is 27.3 Å². The first-order chi connectivity index (χ1) is 10.4. The molecular weight excluding hydrogens is 287 g/mol. The molecule has 0 aliphatic carbocycles. The van der Waals surface area contributed by atoms with Gasteiger partial charge in [-0.2, -0.15) is 0 Å². The zero-order valence-corrected chi connectivity index (χ0v) is 13.6. The fourth-order valence-electron chi connectivity index (χ4n) is 2.21. The third-order valence-corrected chi connectivity index (χ3v) is 4.20. The molecule has 0 saturated heterocycles. The Balaban J connectivity index is 0.00000132. The van der Waals surface area contributed by atoms with E-state index < -0.39 is 0 Å². The molecule has 0 aliphatic heterocycles. The number of ether oxygens (including phenoxy) is 2. The van der Waals surface area contributed by atoms with Gasteiger partial charge in [0.15, 0.2) is 6.79 Å². The third kappa shape index (κ3) is 3.63. The zero-order chi connectivity index (χ0) is 14.5. The van der Waals surface area contributed by atoms with Crippen LogP contribution in [-0.2, 0) is 4.74 Å². The fraction of sp³-hybridized carbons (Fsp3) is 0.111. The number of hydrogen-bond acceptors (Lipinski definition) is 3. The van der Waals surface area contributed by atoms with E-state index in [1.54, 1.807) is 18.4 Å². The van der Waals surface area contributed by atoms with Gasteiger partial charge in [0.05, 0.1) is 4.88 Å². The minimum absolute atomic E-state index is 0.